The van der Waals surface area contributed by atoms with Crippen LogP contribution in [0.4, 0.5) is 5.69 Å². The van der Waals surface area contributed by atoms with E-state index in [0.29, 0.717) is 13.1 Å². The summed E-state index contributed by atoms with van der Waals surface area (Å²) in [5.74, 6) is 0. The van der Waals surface area contributed by atoms with Crippen LogP contribution < -0.4 is 5.32 Å². The number of nitrogens with zero attached hydrogens (tertiary/aromatic N) is 1. The van der Waals surface area contributed by atoms with Gasteiger partial charge in [0.05, 0.1) is 12.6 Å². The Morgan fingerprint density at radius 1 is 0.893 bits per heavy atom. The number of benzene rings is 3. The second-order valence-electron chi connectivity index (χ2n) is 7.29. The van der Waals surface area contributed by atoms with Gasteiger partial charge in [0, 0.05) is 41.2 Å². The Bertz CT molecular complexity index is 1110. The molecular weight excluding hydrogens is 574 g/mol. The summed E-state index contributed by atoms with van der Waals surface area (Å²) in [4.78, 5) is 0. The number of nitrogens with one attached hydrogen (secondary N) is 1. The lowest BCUT2D eigenvalue weighted by Crippen LogP contribution is -2.25. The molecule has 3 nitrogen and oxygen atoms in total. The van der Waals surface area contributed by atoms with E-state index in [0.717, 1.165) is 5.69 Å². The fourth-order valence-corrected chi connectivity index (χ4v) is 4.74. The summed E-state index contributed by atoms with van der Waals surface area (Å²) < 4.78 is 4.69. The van der Waals surface area contributed by atoms with Gasteiger partial charge in [0.25, 0.3) is 0 Å². The van der Waals surface area contributed by atoms with Crippen molar-refractivity contribution in [2.24, 2.45) is 0 Å². The van der Waals surface area contributed by atoms with E-state index in [2.05, 4.69) is 124 Å². The van der Waals surface area contributed by atoms with Gasteiger partial charge in [-0.3, -0.25) is 0 Å². The molecule has 4 aromatic rings. The third-order valence-corrected chi connectivity index (χ3v) is 6.43. The normalized spacial score (nSPS) is 12.6. The van der Waals surface area contributed by atoms with Crippen LogP contribution in [-0.4, -0.2) is 22.3 Å². The number of aryl methyl sites for hydroxylation is 2. The highest BCUT2D eigenvalue weighted by Gasteiger charge is 2.15. The van der Waals surface area contributed by atoms with Crippen LogP contribution in [0.15, 0.2) is 54.6 Å². The molecule has 144 valence electrons. The fourth-order valence-electron chi connectivity index (χ4n) is 3.76. The second kappa shape index (κ2) is 8.20. The van der Waals surface area contributed by atoms with E-state index in [1.165, 1.54) is 40.1 Å². The molecule has 1 atom stereocenters. The summed E-state index contributed by atoms with van der Waals surface area (Å²) in [6.45, 7) is 5.26. The molecule has 0 saturated heterocycles. The number of hydrogen-bond donors (Lipinski definition) is 2. The van der Waals surface area contributed by atoms with Crippen LogP contribution in [0.2, 0.25) is 0 Å². The second-order valence-corrected chi connectivity index (χ2v) is 9.78. The van der Waals surface area contributed by atoms with E-state index in [9.17, 15) is 5.11 Å². The molecule has 0 aliphatic heterocycles. The molecule has 0 aliphatic rings. The first-order valence-electron chi connectivity index (χ1n) is 9.28. The first-order chi connectivity index (χ1) is 13.4. The van der Waals surface area contributed by atoms with Gasteiger partial charge in [-0.25, -0.2) is 0 Å². The van der Waals surface area contributed by atoms with Crippen molar-refractivity contribution in [3.63, 3.8) is 0 Å². The number of hydrogen-bond acceptors (Lipinski definition) is 2. The summed E-state index contributed by atoms with van der Waals surface area (Å²) in [7, 11) is 0. The Kier molecular flexibility index (Phi) is 5.85. The average Bonchev–Trinajstić information content (AvgIpc) is 2.93. The number of aliphatic hydroxyl groups is 1. The van der Waals surface area contributed by atoms with Gasteiger partial charge in [-0.15, -0.1) is 0 Å². The van der Waals surface area contributed by atoms with Crippen molar-refractivity contribution in [1.82, 2.24) is 4.57 Å². The van der Waals surface area contributed by atoms with E-state index in [1.54, 1.807) is 0 Å². The summed E-state index contributed by atoms with van der Waals surface area (Å²) in [5.41, 5.74) is 5.87. The zero-order valence-electron chi connectivity index (χ0n) is 15.8. The summed E-state index contributed by atoms with van der Waals surface area (Å²) >= 11 is 4.72. The highest BCUT2D eigenvalue weighted by atomic mass is 127. The number of aliphatic hydroxyl groups excluding tert-OH is 1. The van der Waals surface area contributed by atoms with E-state index in [-0.39, 0.29) is 0 Å². The van der Waals surface area contributed by atoms with Crippen LogP contribution in [-0.2, 0) is 6.54 Å². The van der Waals surface area contributed by atoms with Gasteiger partial charge in [0.1, 0.15) is 0 Å². The van der Waals surface area contributed by atoms with Crippen molar-refractivity contribution in [2.75, 3.05) is 11.9 Å². The van der Waals surface area contributed by atoms with E-state index < -0.39 is 6.10 Å². The van der Waals surface area contributed by atoms with Gasteiger partial charge in [-0.2, -0.15) is 0 Å². The van der Waals surface area contributed by atoms with Gasteiger partial charge in [0.15, 0.2) is 0 Å². The molecular formula is C23H22I2N2O. The van der Waals surface area contributed by atoms with Gasteiger partial charge in [-0.1, -0.05) is 17.7 Å². The largest absolute Gasteiger partial charge is 0.389 e. The number of fused-ring (bicyclic) bond motifs is 3. The monoisotopic (exact) mass is 596 g/mol. The molecule has 4 rings (SSSR count). The van der Waals surface area contributed by atoms with Gasteiger partial charge in [-0.05, 0) is 107 Å². The minimum Gasteiger partial charge on any atom is -0.389 e. The molecule has 1 heterocycles. The number of rotatable bonds is 5. The summed E-state index contributed by atoms with van der Waals surface area (Å²) in [6, 6.07) is 19.4. The Balaban J connectivity index is 1.63. The molecule has 0 unspecified atom stereocenters. The maximum atomic E-state index is 10.8. The Morgan fingerprint density at radius 3 is 2.07 bits per heavy atom. The lowest BCUT2D eigenvalue weighted by molar-refractivity contribution is 0.169. The topological polar surface area (TPSA) is 37.2 Å². The predicted octanol–water partition coefficient (Wildman–Crippen LogP) is 6.09. The number of halogens is 2. The molecule has 2 N–H and O–H groups in total. The third-order valence-electron chi connectivity index (χ3n) is 5.09. The minimum atomic E-state index is -0.488. The van der Waals surface area contributed by atoms with Crippen LogP contribution in [0.5, 0.6) is 0 Å². The lowest BCUT2D eigenvalue weighted by Gasteiger charge is -2.17. The van der Waals surface area contributed by atoms with Crippen LogP contribution >= 0.6 is 45.2 Å². The van der Waals surface area contributed by atoms with Crippen molar-refractivity contribution in [2.45, 2.75) is 26.5 Å². The molecule has 1 aromatic heterocycles. The smallest absolute Gasteiger partial charge is 0.0891 e. The number of aromatic nitrogens is 1. The Labute approximate surface area is 192 Å². The standard InChI is InChI=1S/C23H22I2N2O/c1-14-3-6-21(15(2)9-14)26-12-18(28)13-27-22-7-4-16(24)10-19(22)20-11-17(25)5-8-23(20)27/h3-11,18,26,28H,12-13H2,1-2H3/t18-/m1/s1. The molecule has 0 aliphatic carbocycles. The molecule has 5 heteroatoms. The first-order valence-corrected chi connectivity index (χ1v) is 11.4. The maximum Gasteiger partial charge on any atom is 0.0891 e. The average molecular weight is 596 g/mol. The number of anilines is 1. The molecule has 0 spiro atoms. The minimum absolute atomic E-state index is 0.488. The van der Waals surface area contributed by atoms with Crippen molar-refractivity contribution < 1.29 is 5.11 Å². The summed E-state index contributed by atoms with van der Waals surface area (Å²) in [6.07, 6.45) is -0.488. The fraction of sp³-hybridized carbons (Fsp3) is 0.217. The molecule has 0 amide bonds. The highest BCUT2D eigenvalue weighted by molar-refractivity contribution is 14.1. The van der Waals surface area contributed by atoms with E-state index in [4.69, 9.17) is 0 Å². The molecule has 0 radical (unpaired) electrons. The van der Waals surface area contributed by atoms with Crippen molar-refractivity contribution in [1.29, 1.82) is 0 Å². The van der Waals surface area contributed by atoms with E-state index >= 15 is 0 Å². The Hall–Kier alpha value is -1.32. The van der Waals surface area contributed by atoms with Crippen LogP contribution in [0.1, 0.15) is 11.1 Å². The quantitative estimate of drug-likeness (QED) is 0.274. The van der Waals surface area contributed by atoms with Crippen LogP contribution in [0, 0.1) is 21.0 Å². The molecule has 0 fully saturated rings. The molecule has 0 bridgehead atoms. The third kappa shape index (κ3) is 4.02. The Morgan fingerprint density at radius 2 is 1.50 bits per heavy atom. The van der Waals surface area contributed by atoms with E-state index in [1.807, 2.05) is 0 Å². The predicted molar refractivity (Wildman–Crippen MR) is 135 cm³/mol. The zero-order chi connectivity index (χ0) is 19.8. The highest BCUT2D eigenvalue weighted by Crippen LogP contribution is 2.31. The van der Waals surface area contributed by atoms with Crippen molar-refractivity contribution >= 4 is 72.7 Å². The van der Waals surface area contributed by atoms with Crippen molar-refractivity contribution in [3.05, 3.63) is 72.9 Å². The molecule has 28 heavy (non-hydrogen) atoms. The van der Waals surface area contributed by atoms with Gasteiger partial charge >= 0.3 is 0 Å². The van der Waals surface area contributed by atoms with Gasteiger partial charge < -0.3 is 15.0 Å². The SMILES string of the molecule is Cc1ccc(NC[C@@H](O)Cn2c3ccc(I)cc3c3cc(I)ccc32)c(C)c1. The van der Waals surface area contributed by atoms with Crippen molar-refractivity contribution in [3.8, 4) is 0 Å². The maximum absolute atomic E-state index is 10.8. The van der Waals surface area contributed by atoms with Gasteiger partial charge in [0.2, 0.25) is 0 Å². The lowest BCUT2D eigenvalue weighted by atomic mass is 10.1. The molecule has 3 aromatic carbocycles. The van der Waals surface area contributed by atoms with Crippen LogP contribution in [0.25, 0.3) is 21.8 Å². The first kappa shape index (κ1) is 20.0. The zero-order valence-corrected chi connectivity index (χ0v) is 20.2. The van der Waals surface area contributed by atoms with Crippen LogP contribution in [0.3, 0.4) is 0 Å². The molecule has 0 saturated carbocycles. The summed E-state index contributed by atoms with van der Waals surface area (Å²) in [5, 5.41) is 16.7.